The van der Waals surface area contributed by atoms with Gasteiger partial charge < -0.3 is 5.32 Å². The fourth-order valence-corrected chi connectivity index (χ4v) is 2.59. The SMILES string of the molecule is CC(=O)N(C(=O)Nc1cccc(Br)c1)c1cccc(Br)c1. The maximum atomic E-state index is 12.3. The van der Waals surface area contributed by atoms with Crippen LogP contribution in [0.3, 0.4) is 0 Å². The van der Waals surface area contributed by atoms with Crippen LogP contribution in [0.5, 0.6) is 0 Å². The molecule has 2 aromatic rings. The third-order valence-electron chi connectivity index (χ3n) is 2.66. The Bertz CT molecular complexity index is 689. The van der Waals surface area contributed by atoms with Gasteiger partial charge in [-0.25, -0.2) is 9.69 Å². The lowest BCUT2D eigenvalue weighted by molar-refractivity contribution is -0.115. The van der Waals surface area contributed by atoms with Crippen molar-refractivity contribution >= 4 is 55.2 Å². The quantitative estimate of drug-likeness (QED) is 0.771. The second-order valence-electron chi connectivity index (χ2n) is 4.27. The maximum Gasteiger partial charge on any atom is 0.333 e. The fourth-order valence-electron chi connectivity index (χ4n) is 1.80. The number of imide groups is 1. The number of carbonyl (C=O) groups excluding carboxylic acids is 2. The van der Waals surface area contributed by atoms with Crippen LogP contribution in [-0.4, -0.2) is 11.9 Å². The molecule has 108 valence electrons. The van der Waals surface area contributed by atoms with E-state index in [4.69, 9.17) is 0 Å². The van der Waals surface area contributed by atoms with E-state index in [-0.39, 0.29) is 5.91 Å². The van der Waals surface area contributed by atoms with Gasteiger partial charge in [-0.2, -0.15) is 0 Å². The lowest BCUT2D eigenvalue weighted by Crippen LogP contribution is -2.38. The summed E-state index contributed by atoms with van der Waals surface area (Å²) in [6.45, 7) is 1.35. The summed E-state index contributed by atoms with van der Waals surface area (Å²) in [6.07, 6.45) is 0. The van der Waals surface area contributed by atoms with Crippen LogP contribution in [0, 0.1) is 0 Å². The molecule has 2 aromatic carbocycles. The van der Waals surface area contributed by atoms with Crippen LogP contribution in [-0.2, 0) is 4.79 Å². The fraction of sp³-hybridized carbons (Fsp3) is 0.0667. The molecule has 21 heavy (non-hydrogen) atoms. The van der Waals surface area contributed by atoms with Crippen LogP contribution in [0.1, 0.15) is 6.92 Å². The van der Waals surface area contributed by atoms with E-state index in [1.54, 1.807) is 36.4 Å². The smallest absolute Gasteiger partial charge is 0.307 e. The zero-order chi connectivity index (χ0) is 15.4. The summed E-state index contributed by atoms with van der Waals surface area (Å²) in [6, 6.07) is 13.7. The molecule has 0 unspecified atom stereocenters. The molecule has 3 amide bonds. The summed E-state index contributed by atoms with van der Waals surface area (Å²) in [5, 5.41) is 2.70. The molecular weight excluding hydrogens is 400 g/mol. The Labute approximate surface area is 139 Å². The topological polar surface area (TPSA) is 49.4 Å². The zero-order valence-corrected chi connectivity index (χ0v) is 14.3. The molecule has 0 atom stereocenters. The Kier molecular flexibility index (Phi) is 5.14. The van der Waals surface area contributed by atoms with Crippen molar-refractivity contribution in [3.8, 4) is 0 Å². The van der Waals surface area contributed by atoms with Gasteiger partial charge in [0.2, 0.25) is 5.91 Å². The van der Waals surface area contributed by atoms with Gasteiger partial charge >= 0.3 is 6.03 Å². The highest BCUT2D eigenvalue weighted by molar-refractivity contribution is 9.10. The molecule has 0 aliphatic rings. The van der Waals surface area contributed by atoms with Gasteiger partial charge in [0.05, 0.1) is 5.69 Å². The number of nitrogens with one attached hydrogen (secondary N) is 1. The first-order valence-corrected chi connectivity index (χ1v) is 7.69. The van der Waals surface area contributed by atoms with Crippen LogP contribution >= 0.6 is 31.9 Å². The summed E-state index contributed by atoms with van der Waals surface area (Å²) >= 11 is 6.66. The highest BCUT2D eigenvalue weighted by atomic mass is 79.9. The summed E-state index contributed by atoms with van der Waals surface area (Å²) in [7, 11) is 0. The maximum absolute atomic E-state index is 12.3. The van der Waals surface area contributed by atoms with Crippen molar-refractivity contribution in [2.45, 2.75) is 6.92 Å². The first-order valence-electron chi connectivity index (χ1n) is 6.10. The predicted molar refractivity (Wildman–Crippen MR) is 90.5 cm³/mol. The van der Waals surface area contributed by atoms with Gasteiger partial charge in [-0.3, -0.25) is 4.79 Å². The van der Waals surface area contributed by atoms with Gasteiger partial charge in [0.15, 0.2) is 0 Å². The third kappa shape index (κ3) is 4.15. The number of halogens is 2. The Balaban J connectivity index is 2.26. The van der Waals surface area contributed by atoms with E-state index in [2.05, 4.69) is 37.2 Å². The van der Waals surface area contributed by atoms with Crippen molar-refractivity contribution in [2.24, 2.45) is 0 Å². The van der Waals surface area contributed by atoms with E-state index in [9.17, 15) is 9.59 Å². The standard InChI is InChI=1S/C15H12Br2N2O2/c1-10(20)19(14-7-3-5-12(17)9-14)15(21)18-13-6-2-4-11(16)8-13/h2-9H,1H3,(H,18,21). The van der Waals surface area contributed by atoms with Crippen molar-refractivity contribution in [1.82, 2.24) is 0 Å². The Morgan fingerprint density at radius 2 is 1.62 bits per heavy atom. The second-order valence-corrected chi connectivity index (χ2v) is 6.11. The molecule has 0 aliphatic carbocycles. The Hall–Kier alpha value is -1.66. The molecule has 0 spiro atoms. The summed E-state index contributed by atoms with van der Waals surface area (Å²) < 4.78 is 1.64. The second kappa shape index (κ2) is 6.87. The molecule has 0 heterocycles. The van der Waals surface area contributed by atoms with E-state index in [1.807, 2.05) is 12.1 Å². The molecule has 0 bridgehead atoms. The Morgan fingerprint density at radius 1 is 1.00 bits per heavy atom. The predicted octanol–water partition coefficient (Wildman–Crippen LogP) is 4.80. The number of hydrogen-bond donors (Lipinski definition) is 1. The lowest BCUT2D eigenvalue weighted by Gasteiger charge is -2.20. The highest BCUT2D eigenvalue weighted by Gasteiger charge is 2.20. The summed E-state index contributed by atoms with van der Waals surface area (Å²) in [4.78, 5) is 25.2. The number of rotatable bonds is 2. The van der Waals surface area contributed by atoms with Crippen molar-refractivity contribution < 1.29 is 9.59 Å². The van der Waals surface area contributed by atoms with Gasteiger partial charge in [0.25, 0.3) is 0 Å². The van der Waals surface area contributed by atoms with Crippen LogP contribution in [0.4, 0.5) is 16.2 Å². The summed E-state index contributed by atoms with van der Waals surface area (Å²) in [5.41, 5.74) is 1.11. The van der Waals surface area contributed by atoms with Crippen molar-refractivity contribution in [1.29, 1.82) is 0 Å². The number of nitrogens with zero attached hydrogens (tertiary/aromatic N) is 1. The van der Waals surface area contributed by atoms with E-state index < -0.39 is 6.03 Å². The minimum atomic E-state index is -0.501. The van der Waals surface area contributed by atoms with Gasteiger partial charge in [0.1, 0.15) is 0 Å². The van der Waals surface area contributed by atoms with Gasteiger partial charge in [-0.1, -0.05) is 44.0 Å². The van der Waals surface area contributed by atoms with Crippen molar-refractivity contribution in [3.05, 3.63) is 57.5 Å². The molecule has 6 heteroatoms. The number of urea groups is 1. The zero-order valence-electron chi connectivity index (χ0n) is 11.1. The number of hydrogen-bond acceptors (Lipinski definition) is 2. The molecule has 0 saturated heterocycles. The number of amides is 3. The highest BCUT2D eigenvalue weighted by Crippen LogP contribution is 2.22. The molecule has 4 nitrogen and oxygen atoms in total. The van der Waals surface area contributed by atoms with E-state index in [0.717, 1.165) is 13.8 Å². The van der Waals surface area contributed by atoms with E-state index in [1.165, 1.54) is 6.92 Å². The average molecular weight is 412 g/mol. The number of anilines is 2. The normalized spacial score (nSPS) is 10.0. The van der Waals surface area contributed by atoms with E-state index in [0.29, 0.717) is 11.4 Å². The largest absolute Gasteiger partial charge is 0.333 e. The molecule has 0 saturated carbocycles. The number of carbonyl (C=O) groups is 2. The first-order chi connectivity index (χ1) is 9.97. The molecular formula is C15H12Br2N2O2. The molecule has 0 aromatic heterocycles. The van der Waals surface area contributed by atoms with Crippen LogP contribution in [0.15, 0.2) is 57.5 Å². The molecule has 2 rings (SSSR count). The third-order valence-corrected chi connectivity index (χ3v) is 3.65. The van der Waals surface area contributed by atoms with Crippen LogP contribution < -0.4 is 10.2 Å². The summed E-state index contributed by atoms with van der Waals surface area (Å²) in [5.74, 6) is -0.361. The lowest BCUT2D eigenvalue weighted by atomic mass is 10.3. The van der Waals surface area contributed by atoms with Gasteiger partial charge in [-0.05, 0) is 36.4 Å². The molecule has 0 radical (unpaired) electrons. The number of benzene rings is 2. The minimum Gasteiger partial charge on any atom is -0.307 e. The van der Waals surface area contributed by atoms with Crippen LogP contribution in [0.2, 0.25) is 0 Å². The minimum absolute atomic E-state index is 0.361. The molecule has 0 aliphatic heterocycles. The first kappa shape index (κ1) is 15.7. The monoisotopic (exact) mass is 410 g/mol. The average Bonchev–Trinajstić information content (AvgIpc) is 2.38. The molecule has 1 N–H and O–H groups in total. The van der Waals surface area contributed by atoms with Crippen molar-refractivity contribution in [3.63, 3.8) is 0 Å². The van der Waals surface area contributed by atoms with Gasteiger partial charge in [-0.15, -0.1) is 0 Å². The van der Waals surface area contributed by atoms with Gasteiger partial charge in [0, 0.05) is 21.6 Å². The Morgan fingerprint density at radius 3 is 2.19 bits per heavy atom. The van der Waals surface area contributed by atoms with Crippen LogP contribution in [0.25, 0.3) is 0 Å². The van der Waals surface area contributed by atoms with Crippen molar-refractivity contribution in [2.75, 3.05) is 10.2 Å². The molecule has 0 fully saturated rings. The van der Waals surface area contributed by atoms with E-state index >= 15 is 0 Å².